The molecule has 4 heteroatoms. The van der Waals surface area contributed by atoms with Gasteiger partial charge in [0, 0.05) is 24.5 Å². The maximum atomic E-state index is 9.26. The number of benzene rings is 2. The standard InChI is InChI=1S/C23H27N3O/c24-20(16-27)12-11-18-14-23(25-22-10-4-3-9-21(18)22)26-13-5-8-17-6-1-2-7-19(17)15-26/h1-4,6-7,9-10,14,20,27H,5,8,11-13,15-16,24H2. The number of pyridine rings is 1. The molecule has 2 aromatic carbocycles. The summed E-state index contributed by atoms with van der Waals surface area (Å²) in [6, 6.07) is 19.1. The Hall–Kier alpha value is -2.43. The third-order valence-electron chi connectivity index (χ3n) is 5.49. The van der Waals surface area contributed by atoms with Crippen LogP contribution in [0.4, 0.5) is 5.82 Å². The quantitative estimate of drug-likeness (QED) is 0.731. The Morgan fingerprint density at radius 1 is 1.07 bits per heavy atom. The number of rotatable bonds is 5. The maximum Gasteiger partial charge on any atom is 0.129 e. The summed E-state index contributed by atoms with van der Waals surface area (Å²) in [6.45, 7) is 1.94. The first kappa shape index (κ1) is 18.0. The number of hydrogen-bond acceptors (Lipinski definition) is 4. The minimum Gasteiger partial charge on any atom is -0.395 e. The molecule has 4 rings (SSSR count). The molecule has 1 unspecified atom stereocenters. The zero-order chi connectivity index (χ0) is 18.6. The predicted molar refractivity (Wildman–Crippen MR) is 111 cm³/mol. The second-order valence-corrected chi connectivity index (χ2v) is 7.43. The molecule has 3 aromatic rings. The lowest BCUT2D eigenvalue weighted by molar-refractivity contribution is 0.260. The maximum absolute atomic E-state index is 9.26. The third-order valence-corrected chi connectivity index (χ3v) is 5.49. The summed E-state index contributed by atoms with van der Waals surface area (Å²) >= 11 is 0. The minimum atomic E-state index is -0.176. The Morgan fingerprint density at radius 3 is 2.70 bits per heavy atom. The van der Waals surface area contributed by atoms with Gasteiger partial charge in [0.1, 0.15) is 5.82 Å². The van der Waals surface area contributed by atoms with Crippen molar-refractivity contribution in [1.82, 2.24) is 4.98 Å². The molecular weight excluding hydrogens is 334 g/mol. The zero-order valence-electron chi connectivity index (χ0n) is 15.6. The zero-order valence-corrected chi connectivity index (χ0v) is 15.6. The summed E-state index contributed by atoms with van der Waals surface area (Å²) in [6.07, 6.45) is 3.88. The number of aromatic nitrogens is 1. The van der Waals surface area contributed by atoms with Crippen molar-refractivity contribution in [3.8, 4) is 0 Å². The summed E-state index contributed by atoms with van der Waals surface area (Å²) in [4.78, 5) is 7.36. The van der Waals surface area contributed by atoms with Crippen LogP contribution in [-0.2, 0) is 19.4 Å². The number of aliphatic hydroxyl groups is 1. The van der Waals surface area contributed by atoms with Gasteiger partial charge in [-0.3, -0.25) is 0 Å². The first-order chi connectivity index (χ1) is 13.2. The molecule has 0 radical (unpaired) electrons. The van der Waals surface area contributed by atoms with Crippen LogP contribution in [0, 0.1) is 0 Å². The molecule has 0 spiro atoms. The van der Waals surface area contributed by atoms with Crippen LogP contribution in [-0.4, -0.2) is 29.3 Å². The molecule has 1 atom stereocenters. The SMILES string of the molecule is NC(CO)CCc1cc(N2CCCc3ccccc3C2)nc2ccccc12. The summed E-state index contributed by atoms with van der Waals surface area (Å²) < 4.78 is 0. The number of para-hydroxylation sites is 1. The number of aryl methyl sites for hydroxylation is 2. The fourth-order valence-corrected chi connectivity index (χ4v) is 3.93. The fourth-order valence-electron chi connectivity index (χ4n) is 3.93. The fraction of sp³-hybridized carbons (Fsp3) is 0.348. The molecule has 0 saturated heterocycles. The lowest BCUT2D eigenvalue weighted by Crippen LogP contribution is -2.25. The number of nitrogens with two attached hydrogens (primary N) is 1. The molecular formula is C23H27N3O. The molecule has 4 nitrogen and oxygen atoms in total. The Labute approximate surface area is 160 Å². The van der Waals surface area contributed by atoms with Gasteiger partial charge in [-0.1, -0.05) is 42.5 Å². The topological polar surface area (TPSA) is 62.4 Å². The van der Waals surface area contributed by atoms with Crippen LogP contribution >= 0.6 is 0 Å². The average molecular weight is 361 g/mol. The number of fused-ring (bicyclic) bond motifs is 2. The highest BCUT2D eigenvalue weighted by Crippen LogP contribution is 2.28. The molecule has 1 aliphatic heterocycles. The normalized spacial score (nSPS) is 15.4. The van der Waals surface area contributed by atoms with Crippen LogP contribution in [0.2, 0.25) is 0 Å². The van der Waals surface area contributed by atoms with Crippen molar-refractivity contribution >= 4 is 16.7 Å². The summed E-state index contributed by atoms with van der Waals surface area (Å²) in [5, 5.41) is 10.4. The molecule has 1 aliphatic rings. The Bertz CT molecular complexity index is 924. The number of nitrogens with zero attached hydrogens (tertiary/aromatic N) is 2. The second kappa shape index (κ2) is 8.07. The molecule has 0 fully saturated rings. The lowest BCUT2D eigenvalue weighted by Gasteiger charge is -2.23. The van der Waals surface area contributed by atoms with Crippen molar-refractivity contribution in [3.05, 3.63) is 71.3 Å². The smallest absolute Gasteiger partial charge is 0.129 e. The van der Waals surface area contributed by atoms with Gasteiger partial charge in [-0.25, -0.2) is 4.98 Å². The van der Waals surface area contributed by atoms with Crippen molar-refractivity contribution in [1.29, 1.82) is 0 Å². The van der Waals surface area contributed by atoms with Crippen LogP contribution in [0.3, 0.4) is 0 Å². The minimum absolute atomic E-state index is 0.0266. The van der Waals surface area contributed by atoms with E-state index >= 15 is 0 Å². The van der Waals surface area contributed by atoms with Gasteiger partial charge in [-0.2, -0.15) is 0 Å². The van der Waals surface area contributed by atoms with Crippen LogP contribution in [0.1, 0.15) is 29.5 Å². The van der Waals surface area contributed by atoms with E-state index in [4.69, 9.17) is 10.7 Å². The van der Waals surface area contributed by atoms with Gasteiger partial charge in [0.05, 0.1) is 12.1 Å². The van der Waals surface area contributed by atoms with E-state index in [-0.39, 0.29) is 12.6 Å². The van der Waals surface area contributed by atoms with E-state index in [9.17, 15) is 5.11 Å². The van der Waals surface area contributed by atoms with Crippen molar-refractivity contribution in [2.45, 2.75) is 38.3 Å². The molecule has 0 aliphatic carbocycles. The van der Waals surface area contributed by atoms with E-state index in [1.807, 2.05) is 6.07 Å². The Kier molecular flexibility index (Phi) is 5.37. The van der Waals surface area contributed by atoms with Crippen LogP contribution in [0.15, 0.2) is 54.6 Å². The van der Waals surface area contributed by atoms with Crippen molar-refractivity contribution in [3.63, 3.8) is 0 Å². The summed E-state index contributed by atoms with van der Waals surface area (Å²) in [7, 11) is 0. The summed E-state index contributed by atoms with van der Waals surface area (Å²) in [5.74, 6) is 1.04. The van der Waals surface area contributed by atoms with Gasteiger partial charge in [-0.05, 0) is 54.5 Å². The largest absolute Gasteiger partial charge is 0.395 e. The van der Waals surface area contributed by atoms with Crippen molar-refractivity contribution in [2.75, 3.05) is 18.1 Å². The first-order valence-corrected chi connectivity index (χ1v) is 9.81. The van der Waals surface area contributed by atoms with E-state index in [1.54, 1.807) is 0 Å². The molecule has 0 amide bonds. The highest BCUT2D eigenvalue weighted by molar-refractivity contribution is 5.84. The van der Waals surface area contributed by atoms with Gasteiger partial charge in [-0.15, -0.1) is 0 Å². The predicted octanol–water partition coefficient (Wildman–Crippen LogP) is 3.44. The van der Waals surface area contributed by atoms with Crippen molar-refractivity contribution < 1.29 is 5.11 Å². The average Bonchev–Trinajstić information content (AvgIpc) is 2.94. The third kappa shape index (κ3) is 3.97. The van der Waals surface area contributed by atoms with E-state index in [0.29, 0.717) is 0 Å². The monoisotopic (exact) mass is 361 g/mol. The number of hydrogen-bond donors (Lipinski definition) is 2. The van der Waals surface area contributed by atoms with E-state index in [0.717, 1.165) is 50.1 Å². The van der Waals surface area contributed by atoms with Gasteiger partial charge in [0.25, 0.3) is 0 Å². The molecule has 0 bridgehead atoms. The number of anilines is 1. The molecule has 140 valence electrons. The van der Waals surface area contributed by atoms with Crippen molar-refractivity contribution in [2.24, 2.45) is 5.73 Å². The van der Waals surface area contributed by atoms with Gasteiger partial charge < -0.3 is 15.7 Å². The van der Waals surface area contributed by atoms with Crippen LogP contribution in [0.25, 0.3) is 10.9 Å². The van der Waals surface area contributed by atoms with E-state index in [1.165, 1.54) is 22.1 Å². The lowest BCUT2D eigenvalue weighted by atomic mass is 10.0. The highest BCUT2D eigenvalue weighted by Gasteiger charge is 2.17. The Balaban J connectivity index is 1.69. The molecule has 2 heterocycles. The first-order valence-electron chi connectivity index (χ1n) is 9.81. The van der Waals surface area contributed by atoms with Crippen LogP contribution < -0.4 is 10.6 Å². The molecule has 27 heavy (non-hydrogen) atoms. The van der Waals surface area contributed by atoms with E-state index < -0.39 is 0 Å². The summed E-state index contributed by atoms with van der Waals surface area (Å²) in [5.41, 5.74) is 11.1. The van der Waals surface area contributed by atoms with Gasteiger partial charge in [0.15, 0.2) is 0 Å². The van der Waals surface area contributed by atoms with E-state index in [2.05, 4.69) is 53.4 Å². The van der Waals surface area contributed by atoms with Gasteiger partial charge in [0.2, 0.25) is 0 Å². The molecule has 0 saturated carbocycles. The van der Waals surface area contributed by atoms with Gasteiger partial charge >= 0.3 is 0 Å². The highest BCUT2D eigenvalue weighted by atomic mass is 16.3. The molecule has 1 aromatic heterocycles. The van der Waals surface area contributed by atoms with Crippen LogP contribution in [0.5, 0.6) is 0 Å². The number of aliphatic hydroxyl groups excluding tert-OH is 1. The second-order valence-electron chi connectivity index (χ2n) is 7.43. The Morgan fingerprint density at radius 2 is 1.85 bits per heavy atom. The molecule has 3 N–H and O–H groups in total.